The summed E-state index contributed by atoms with van der Waals surface area (Å²) in [5.41, 5.74) is 1.33. The predicted molar refractivity (Wildman–Crippen MR) is 108 cm³/mol. The summed E-state index contributed by atoms with van der Waals surface area (Å²) >= 11 is 0. The highest BCUT2D eigenvalue weighted by molar-refractivity contribution is 6.06. The average molecular weight is 433 g/mol. The Balaban J connectivity index is 1.63. The lowest BCUT2D eigenvalue weighted by Gasteiger charge is -2.25. The molecule has 1 aliphatic heterocycles. The van der Waals surface area contributed by atoms with Crippen molar-refractivity contribution in [2.24, 2.45) is 0 Å². The lowest BCUT2D eigenvalue weighted by Crippen LogP contribution is -2.30. The third kappa shape index (κ3) is 4.34. The van der Waals surface area contributed by atoms with Gasteiger partial charge in [-0.15, -0.1) is 0 Å². The highest BCUT2D eigenvalue weighted by Gasteiger charge is 2.22. The number of aryl methyl sites for hydroxylation is 1. The van der Waals surface area contributed by atoms with Gasteiger partial charge in [-0.1, -0.05) is 0 Å². The molecule has 0 bridgehead atoms. The van der Waals surface area contributed by atoms with Crippen molar-refractivity contribution in [1.82, 2.24) is 20.1 Å². The molecule has 10 heteroatoms. The van der Waals surface area contributed by atoms with E-state index in [1.165, 1.54) is 6.20 Å². The topological polar surface area (TPSA) is 81.1 Å². The number of aromatic nitrogens is 3. The summed E-state index contributed by atoms with van der Waals surface area (Å²) in [6, 6.07) is 1.31. The SMILES string of the molecule is CCn1ncc2c(NC3CCOCC3)c(C(=O)NCc3cc(F)c(F)cc3F)cnc21. The van der Waals surface area contributed by atoms with E-state index in [2.05, 4.69) is 20.7 Å². The Bertz CT molecular complexity index is 1110. The number of hydrogen-bond donors (Lipinski definition) is 2. The first-order valence-corrected chi connectivity index (χ1v) is 10.1. The predicted octanol–water partition coefficient (Wildman–Crippen LogP) is 3.39. The zero-order valence-corrected chi connectivity index (χ0v) is 16.9. The number of carbonyl (C=O) groups excluding carboxylic acids is 1. The number of pyridine rings is 1. The van der Waals surface area contributed by atoms with Crippen LogP contribution < -0.4 is 10.6 Å². The molecule has 1 aromatic carbocycles. The van der Waals surface area contributed by atoms with Crippen LogP contribution in [0, 0.1) is 17.5 Å². The summed E-state index contributed by atoms with van der Waals surface area (Å²) in [6.07, 6.45) is 4.66. The van der Waals surface area contributed by atoms with Crippen molar-refractivity contribution in [2.75, 3.05) is 18.5 Å². The van der Waals surface area contributed by atoms with Gasteiger partial charge in [0.1, 0.15) is 5.82 Å². The first-order valence-electron chi connectivity index (χ1n) is 10.1. The van der Waals surface area contributed by atoms with Crippen LogP contribution >= 0.6 is 0 Å². The molecule has 1 fully saturated rings. The second kappa shape index (κ2) is 8.93. The van der Waals surface area contributed by atoms with Crippen LogP contribution in [0.1, 0.15) is 35.7 Å². The molecule has 7 nitrogen and oxygen atoms in total. The zero-order valence-electron chi connectivity index (χ0n) is 16.9. The molecule has 0 unspecified atom stereocenters. The number of fused-ring (bicyclic) bond motifs is 1. The number of nitrogens with zero attached hydrogens (tertiary/aromatic N) is 3. The zero-order chi connectivity index (χ0) is 22.0. The van der Waals surface area contributed by atoms with E-state index >= 15 is 0 Å². The van der Waals surface area contributed by atoms with Gasteiger partial charge in [0.2, 0.25) is 0 Å². The third-order valence-electron chi connectivity index (χ3n) is 5.31. The summed E-state index contributed by atoms with van der Waals surface area (Å²) in [6.45, 7) is 3.50. The maximum atomic E-state index is 13.9. The number of rotatable bonds is 6. The third-order valence-corrected chi connectivity index (χ3v) is 5.31. The Kier molecular flexibility index (Phi) is 6.08. The number of nitrogens with one attached hydrogen (secondary N) is 2. The van der Waals surface area contributed by atoms with Crippen molar-refractivity contribution in [1.29, 1.82) is 0 Å². The van der Waals surface area contributed by atoms with Crippen LogP contribution in [0.2, 0.25) is 0 Å². The second-order valence-electron chi connectivity index (χ2n) is 7.32. The smallest absolute Gasteiger partial charge is 0.255 e. The fraction of sp³-hybridized carbons (Fsp3) is 0.381. The molecule has 1 aliphatic rings. The number of benzene rings is 1. The average Bonchev–Trinajstić information content (AvgIpc) is 3.20. The molecule has 1 saturated heterocycles. The van der Waals surface area contributed by atoms with E-state index in [1.807, 2.05) is 6.92 Å². The summed E-state index contributed by atoms with van der Waals surface area (Å²) in [7, 11) is 0. The molecule has 2 N–H and O–H groups in total. The highest BCUT2D eigenvalue weighted by Crippen LogP contribution is 2.28. The number of hydrogen-bond acceptors (Lipinski definition) is 5. The Morgan fingerprint density at radius 3 is 2.65 bits per heavy atom. The second-order valence-corrected chi connectivity index (χ2v) is 7.32. The molecular weight excluding hydrogens is 411 g/mol. The molecule has 164 valence electrons. The van der Waals surface area contributed by atoms with Crippen molar-refractivity contribution in [3.8, 4) is 0 Å². The van der Waals surface area contributed by atoms with Crippen LogP contribution in [0.5, 0.6) is 0 Å². The molecule has 0 atom stereocenters. The maximum absolute atomic E-state index is 13.9. The Morgan fingerprint density at radius 2 is 1.90 bits per heavy atom. The number of anilines is 1. The van der Waals surface area contributed by atoms with E-state index in [1.54, 1.807) is 10.9 Å². The van der Waals surface area contributed by atoms with E-state index in [4.69, 9.17) is 4.74 Å². The monoisotopic (exact) mass is 433 g/mol. The van der Waals surface area contributed by atoms with E-state index in [-0.39, 0.29) is 23.7 Å². The van der Waals surface area contributed by atoms with Crippen LogP contribution in [0.15, 0.2) is 24.5 Å². The van der Waals surface area contributed by atoms with Crippen LogP contribution in [-0.2, 0) is 17.8 Å². The number of ether oxygens (including phenoxy) is 1. The van der Waals surface area contributed by atoms with E-state index in [0.717, 1.165) is 18.9 Å². The van der Waals surface area contributed by atoms with Gasteiger partial charge in [0.15, 0.2) is 17.3 Å². The molecule has 0 aliphatic carbocycles. The van der Waals surface area contributed by atoms with Gasteiger partial charge in [-0.25, -0.2) is 22.8 Å². The van der Waals surface area contributed by atoms with E-state index in [9.17, 15) is 18.0 Å². The van der Waals surface area contributed by atoms with Crippen molar-refractivity contribution in [3.05, 3.63) is 53.1 Å². The molecule has 2 aromatic heterocycles. The van der Waals surface area contributed by atoms with Crippen LogP contribution in [0.25, 0.3) is 11.0 Å². The van der Waals surface area contributed by atoms with Crippen LogP contribution in [0.3, 0.4) is 0 Å². The molecule has 31 heavy (non-hydrogen) atoms. The minimum Gasteiger partial charge on any atom is -0.381 e. The number of amides is 1. The molecule has 3 aromatic rings. The van der Waals surface area contributed by atoms with Gasteiger partial charge in [-0.3, -0.25) is 4.79 Å². The van der Waals surface area contributed by atoms with Gasteiger partial charge in [0.25, 0.3) is 5.91 Å². The minimum atomic E-state index is -1.28. The van der Waals surface area contributed by atoms with Gasteiger partial charge in [-0.05, 0) is 25.8 Å². The van der Waals surface area contributed by atoms with Gasteiger partial charge < -0.3 is 15.4 Å². The lowest BCUT2D eigenvalue weighted by atomic mass is 10.1. The maximum Gasteiger partial charge on any atom is 0.255 e. The quantitative estimate of drug-likeness (QED) is 0.583. The summed E-state index contributed by atoms with van der Waals surface area (Å²) in [4.78, 5) is 17.3. The van der Waals surface area contributed by atoms with Gasteiger partial charge in [-0.2, -0.15) is 5.10 Å². The molecular formula is C21H22F3N5O2. The van der Waals surface area contributed by atoms with E-state index < -0.39 is 23.4 Å². The normalized spacial score (nSPS) is 14.7. The summed E-state index contributed by atoms with van der Waals surface area (Å²) < 4.78 is 47.6. The van der Waals surface area contributed by atoms with Crippen LogP contribution in [0.4, 0.5) is 18.9 Å². The Labute approximate surface area is 176 Å². The van der Waals surface area contributed by atoms with Crippen molar-refractivity contribution >= 4 is 22.6 Å². The van der Waals surface area contributed by atoms with Gasteiger partial charge in [0, 0.05) is 50.2 Å². The molecule has 3 heterocycles. The fourth-order valence-electron chi connectivity index (χ4n) is 3.60. The largest absolute Gasteiger partial charge is 0.381 e. The first-order chi connectivity index (χ1) is 15.0. The minimum absolute atomic E-state index is 0.111. The highest BCUT2D eigenvalue weighted by atomic mass is 19.2. The van der Waals surface area contributed by atoms with Crippen molar-refractivity contribution < 1.29 is 22.7 Å². The first kappa shape index (κ1) is 21.1. The Hall–Kier alpha value is -3.14. The summed E-state index contributed by atoms with van der Waals surface area (Å²) in [5, 5.41) is 11.0. The molecule has 0 saturated carbocycles. The lowest BCUT2D eigenvalue weighted by molar-refractivity contribution is 0.0904. The fourth-order valence-corrected chi connectivity index (χ4v) is 3.60. The number of carbonyl (C=O) groups is 1. The standard InChI is InChI=1S/C21H22F3N5O2/c1-2-29-20-14(11-27-29)19(28-13-3-5-31-6-4-13)15(10-25-20)21(30)26-9-12-7-17(23)18(24)8-16(12)22/h7-8,10-11,13H,2-6,9H2,1H3,(H,25,28)(H,26,30). The van der Waals surface area contributed by atoms with Gasteiger partial charge in [0.05, 0.1) is 22.8 Å². The molecule has 1 amide bonds. The number of halogens is 3. The van der Waals surface area contributed by atoms with Crippen LogP contribution in [-0.4, -0.2) is 39.9 Å². The molecule has 0 spiro atoms. The Morgan fingerprint density at radius 1 is 1.16 bits per heavy atom. The summed E-state index contributed by atoms with van der Waals surface area (Å²) in [5.74, 6) is -3.91. The molecule has 4 rings (SSSR count). The van der Waals surface area contributed by atoms with Crippen molar-refractivity contribution in [2.45, 2.75) is 38.9 Å². The van der Waals surface area contributed by atoms with Crippen molar-refractivity contribution in [3.63, 3.8) is 0 Å². The van der Waals surface area contributed by atoms with Gasteiger partial charge >= 0.3 is 0 Å². The van der Waals surface area contributed by atoms with E-state index in [0.29, 0.717) is 42.5 Å². The molecule has 0 radical (unpaired) electrons.